The van der Waals surface area contributed by atoms with Crippen LogP contribution in [0.3, 0.4) is 0 Å². The Hall–Kier alpha value is -3.00. The van der Waals surface area contributed by atoms with Gasteiger partial charge < -0.3 is 15.8 Å². The maximum atomic E-state index is 12.3. The van der Waals surface area contributed by atoms with Gasteiger partial charge in [0.1, 0.15) is 18.2 Å². The van der Waals surface area contributed by atoms with Crippen LogP contribution in [0.1, 0.15) is 42.2 Å². The van der Waals surface area contributed by atoms with E-state index in [1.807, 2.05) is 19.1 Å². The van der Waals surface area contributed by atoms with Crippen molar-refractivity contribution in [1.82, 2.24) is 4.98 Å². The largest absolute Gasteiger partial charge is 0.481 e. The Morgan fingerprint density at radius 1 is 1.28 bits per heavy atom. The number of nitrogens with zero attached hydrogens (tertiary/aromatic N) is 1. The third kappa shape index (κ3) is 5.85. The van der Waals surface area contributed by atoms with Gasteiger partial charge in [-0.25, -0.2) is 4.98 Å². The number of aromatic nitrogens is 1. The molecule has 2 aromatic rings. The van der Waals surface area contributed by atoms with Crippen LogP contribution >= 0.6 is 0 Å². The van der Waals surface area contributed by atoms with Crippen LogP contribution < -0.4 is 15.8 Å². The highest BCUT2D eigenvalue weighted by molar-refractivity contribution is 6.07. The first kappa shape index (κ1) is 18.3. The number of hydrogen-bond donors (Lipinski definition) is 2. The molecule has 5 heteroatoms. The standard InChI is InChI=1S/C20H23N3O2/c1-3-4-5-6-7-13-25-17-10-8-9-16(14-17)23-20(24)18-12-11-15(2)22-19(18)21/h8-12,14H,3-5,13H2,1-2H3,(H2,21,22)(H,23,24). The third-order valence-corrected chi connectivity index (χ3v) is 3.49. The van der Waals surface area contributed by atoms with Crippen molar-refractivity contribution >= 4 is 17.4 Å². The third-order valence-electron chi connectivity index (χ3n) is 3.49. The summed E-state index contributed by atoms with van der Waals surface area (Å²) in [5, 5.41) is 2.80. The van der Waals surface area contributed by atoms with Crippen LogP contribution in [0.4, 0.5) is 11.5 Å². The van der Waals surface area contributed by atoms with Crippen molar-refractivity contribution in [2.24, 2.45) is 0 Å². The fourth-order valence-electron chi connectivity index (χ4n) is 2.15. The van der Waals surface area contributed by atoms with Crippen molar-refractivity contribution in [2.45, 2.75) is 33.1 Å². The van der Waals surface area contributed by atoms with Crippen molar-refractivity contribution in [2.75, 3.05) is 17.7 Å². The van der Waals surface area contributed by atoms with Gasteiger partial charge in [-0.3, -0.25) is 4.79 Å². The number of carbonyl (C=O) groups excluding carboxylic acids is 1. The summed E-state index contributed by atoms with van der Waals surface area (Å²) in [7, 11) is 0. The number of pyridine rings is 1. The van der Waals surface area contributed by atoms with Gasteiger partial charge in [-0.2, -0.15) is 0 Å². The van der Waals surface area contributed by atoms with Crippen molar-refractivity contribution in [3.05, 3.63) is 47.7 Å². The van der Waals surface area contributed by atoms with E-state index in [1.165, 1.54) is 0 Å². The van der Waals surface area contributed by atoms with E-state index in [0.29, 0.717) is 23.6 Å². The minimum atomic E-state index is -0.304. The van der Waals surface area contributed by atoms with Gasteiger partial charge in [-0.1, -0.05) is 31.3 Å². The van der Waals surface area contributed by atoms with E-state index in [2.05, 4.69) is 29.1 Å². The highest BCUT2D eigenvalue weighted by atomic mass is 16.5. The number of hydrogen-bond acceptors (Lipinski definition) is 4. The molecule has 1 amide bonds. The molecule has 0 bridgehead atoms. The Kier molecular flexibility index (Phi) is 6.85. The van der Waals surface area contributed by atoms with Crippen molar-refractivity contribution < 1.29 is 9.53 Å². The Labute approximate surface area is 148 Å². The van der Waals surface area contributed by atoms with E-state index in [4.69, 9.17) is 10.5 Å². The molecule has 130 valence electrons. The fraction of sp³-hybridized carbons (Fsp3) is 0.300. The van der Waals surface area contributed by atoms with Gasteiger partial charge in [0, 0.05) is 23.9 Å². The lowest BCUT2D eigenvalue weighted by Gasteiger charge is -2.09. The van der Waals surface area contributed by atoms with E-state index >= 15 is 0 Å². The number of nitrogens with one attached hydrogen (secondary N) is 1. The Bertz CT molecular complexity index is 791. The van der Waals surface area contributed by atoms with Crippen molar-refractivity contribution in [3.63, 3.8) is 0 Å². The maximum Gasteiger partial charge on any atom is 0.259 e. The molecule has 0 aliphatic rings. The number of nitrogens with two attached hydrogens (primary N) is 1. The Morgan fingerprint density at radius 3 is 2.88 bits per heavy atom. The average Bonchev–Trinajstić information content (AvgIpc) is 2.58. The highest BCUT2D eigenvalue weighted by Crippen LogP contribution is 2.19. The zero-order valence-electron chi connectivity index (χ0n) is 14.6. The Morgan fingerprint density at radius 2 is 2.12 bits per heavy atom. The number of aryl methyl sites for hydroxylation is 1. The zero-order chi connectivity index (χ0) is 18.1. The summed E-state index contributed by atoms with van der Waals surface area (Å²) < 4.78 is 5.59. The number of amides is 1. The summed E-state index contributed by atoms with van der Waals surface area (Å²) in [5.41, 5.74) is 7.55. The molecular weight excluding hydrogens is 314 g/mol. The van der Waals surface area contributed by atoms with Gasteiger partial charge in [0.25, 0.3) is 5.91 Å². The van der Waals surface area contributed by atoms with Crippen LogP contribution in [0.15, 0.2) is 36.4 Å². The number of nitrogen functional groups attached to an aromatic ring is 1. The quantitative estimate of drug-likeness (QED) is 0.621. The molecule has 1 aromatic carbocycles. The van der Waals surface area contributed by atoms with Crippen LogP contribution in [0.25, 0.3) is 0 Å². The van der Waals surface area contributed by atoms with E-state index in [9.17, 15) is 4.79 Å². The van der Waals surface area contributed by atoms with E-state index in [1.54, 1.807) is 24.3 Å². The molecule has 25 heavy (non-hydrogen) atoms. The summed E-state index contributed by atoms with van der Waals surface area (Å²) in [4.78, 5) is 16.4. The highest BCUT2D eigenvalue weighted by Gasteiger charge is 2.11. The minimum absolute atomic E-state index is 0.215. The first-order valence-electron chi connectivity index (χ1n) is 8.33. The van der Waals surface area contributed by atoms with Crippen LogP contribution in [-0.2, 0) is 0 Å². The maximum absolute atomic E-state index is 12.3. The van der Waals surface area contributed by atoms with Gasteiger partial charge >= 0.3 is 0 Å². The summed E-state index contributed by atoms with van der Waals surface area (Å²) >= 11 is 0. The SMILES string of the molecule is CCCCC#CCOc1cccc(NC(=O)c2ccc(C)nc2N)c1. The molecule has 0 saturated heterocycles. The first-order valence-corrected chi connectivity index (χ1v) is 8.33. The van der Waals surface area contributed by atoms with E-state index in [0.717, 1.165) is 25.0 Å². The molecule has 0 aliphatic carbocycles. The number of carbonyl (C=O) groups is 1. The Balaban J connectivity index is 1.96. The fourth-order valence-corrected chi connectivity index (χ4v) is 2.15. The molecular formula is C20H23N3O2. The van der Waals surface area contributed by atoms with Gasteiger partial charge in [0.2, 0.25) is 0 Å². The van der Waals surface area contributed by atoms with Gasteiger partial charge in [-0.05, 0) is 37.6 Å². The molecule has 0 fully saturated rings. The number of unbranched alkanes of at least 4 members (excludes halogenated alkanes) is 2. The van der Waals surface area contributed by atoms with Gasteiger partial charge in [0.05, 0.1) is 5.56 Å². The van der Waals surface area contributed by atoms with Crippen LogP contribution in [0.2, 0.25) is 0 Å². The lowest BCUT2D eigenvalue weighted by molar-refractivity contribution is 0.102. The second kappa shape index (κ2) is 9.33. The molecule has 0 spiro atoms. The van der Waals surface area contributed by atoms with Crippen molar-refractivity contribution in [3.8, 4) is 17.6 Å². The lowest BCUT2D eigenvalue weighted by Crippen LogP contribution is -2.15. The minimum Gasteiger partial charge on any atom is -0.481 e. The molecule has 5 nitrogen and oxygen atoms in total. The molecule has 0 aliphatic heterocycles. The molecule has 1 heterocycles. The normalized spacial score (nSPS) is 9.84. The number of benzene rings is 1. The lowest BCUT2D eigenvalue weighted by atomic mass is 10.2. The van der Waals surface area contributed by atoms with E-state index in [-0.39, 0.29) is 11.7 Å². The zero-order valence-corrected chi connectivity index (χ0v) is 14.6. The molecule has 2 rings (SSSR count). The van der Waals surface area contributed by atoms with Gasteiger partial charge in [-0.15, -0.1) is 0 Å². The van der Waals surface area contributed by atoms with E-state index < -0.39 is 0 Å². The van der Waals surface area contributed by atoms with Crippen LogP contribution in [0.5, 0.6) is 5.75 Å². The molecule has 1 aromatic heterocycles. The first-order chi connectivity index (χ1) is 12.1. The van der Waals surface area contributed by atoms with Crippen LogP contribution in [-0.4, -0.2) is 17.5 Å². The molecule has 3 N–H and O–H groups in total. The summed E-state index contributed by atoms with van der Waals surface area (Å²) in [6.45, 7) is 4.29. The molecule has 0 unspecified atom stereocenters. The predicted octanol–water partition coefficient (Wildman–Crippen LogP) is 3.80. The summed E-state index contributed by atoms with van der Waals surface area (Å²) in [6, 6.07) is 10.6. The predicted molar refractivity (Wildman–Crippen MR) is 101 cm³/mol. The second-order valence-electron chi connectivity index (χ2n) is 5.61. The number of ether oxygens (including phenoxy) is 1. The van der Waals surface area contributed by atoms with Gasteiger partial charge in [0.15, 0.2) is 0 Å². The smallest absolute Gasteiger partial charge is 0.259 e. The second-order valence-corrected chi connectivity index (χ2v) is 5.61. The molecule has 0 atom stereocenters. The number of anilines is 2. The monoisotopic (exact) mass is 337 g/mol. The summed E-state index contributed by atoms with van der Waals surface area (Å²) in [5.74, 6) is 6.61. The number of rotatable bonds is 6. The topological polar surface area (TPSA) is 77.2 Å². The summed E-state index contributed by atoms with van der Waals surface area (Å²) in [6.07, 6.45) is 3.13. The molecule has 0 radical (unpaired) electrons. The average molecular weight is 337 g/mol. The van der Waals surface area contributed by atoms with Crippen molar-refractivity contribution in [1.29, 1.82) is 0 Å². The molecule has 0 saturated carbocycles. The van der Waals surface area contributed by atoms with Crippen LogP contribution in [0, 0.1) is 18.8 Å².